The number of rotatable bonds is 3. The van der Waals surface area contributed by atoms with Crippen LogP contribution in [0.4, 0.5) is 0 Å². The van der Waals surface area contributed by atoms with Gasteiger partial charge in [0.2, 0.25) is 5.91 Å². The minimum absolute atomic E-state index is 0. The van der Waals surface area contributed by atoms with Gasteiger partial charge in [-0.25, -0.2) is 8.42 Å². The first-order valence-electron chi connectivity index (χ1n) is 8.31. The SMILES string of the molecule is Cl.Cl.NC1(C(=O)N2CCN(Cc3ccncc3)[C@@H]3CS(=O)(=O)C[C@@H]32)CC1. The molecule has 1 amide bonds. The quantitative estimate of drug-likeness (QED) is 0.748. The maximum Gasteiger partial charge on any atom is 0.243 e. The second-order valence-corrected chi connectivity index (χ2v) is 9.35. The molecule has 1 aromatic heterocycles. The van der Waals surface area contributed by atoms with E-state index < -0.39 is 15.4 Å². The van der Waals surface area contributed by atoms with E-state index in [0.717, 1.165) is 5.56 Å². The van der Waals surface area contributed by atoms with Crippen LogP contribution in [-0.2, 0) is 21.2 Å². The van der Waals surface area contributed by atoms with Crippen molar-refractivity contribution >= 4 is 40.6 Å². The third kappa shape index (κ3) is 3.99. The maximum absolute atomic E-state index is 12.7. The van der Waals surface area contributed by atoms with Crippen LogP contribution in [0, 0.1) is 0 Å². The molecule has 1 saturated carbocycles. The first-order valence-corrected chi connectivity index (χ1v) is 10.1. The first kappa shape index (κ1) is 21.4. The van der Waals surface area contributed by atoms with Gasteiger partial charge in [0.15, 0.2) is 9.84 Å². The molecule has 0 bridgehead atoms. The summed E-state index contributed by atoms with van der Waals surface area (Å²) in [6, 6.07) is 3.45. The van der Waals surface area contributed by atoms with Crippen molar-refractivity contribution in [2.45, 2.75) is 37.0 Å². The molecule has 1 aromatic rings. The molecule has 0 unspecified atom stereocenters. The minimum atomic E-state index is -3.13. The zero-order valence-corrected chi connectivity index (χ0v) is 16.7. The van der Waals surface area contributed by atoms with Gasteiger partial charge in [0.05, 0.1) is 23.1 Å². The summed E-state index contributed by atoms with van der Waals surface area (Å²) in [5.41, 5.74) is 6.42. The van der Waals surface area contributed by atoms with E-state index in [9.17, 15) is 13.2 Å². The lowest BCUT2D eigenvalue weighted by Crippen LogP contribution is -2.63. The number of hydrogen-bond donors (Lipinski definition) is 1. The van der Waals surface area contributed by atoms with Crippen LogP contribution in [-0.4, -0.2) is 71.3 Å². The molecule has 26 heavy (non-hydrogen) atoms. The Kier molecular flexibility index (Phi) is 6.24. The van der Waals surface area contributed by atoms with E-state index in [4.69, 9.17) is 5.73 Å². The number of pyridine rings is 1. The number of halogens is 2. The van der Waals surface area contributed by atoms with Crippen molar-refractivity contribution < 1.29 is 13.2 Å². The molecule has 2 saturated heterocycles. The zero-order chi connectivity index (χ0) is 16.9. The zero-order valence-electron chi connectivity index (χ0n) is 14.3. The number of amides is 1. The summed E-state index contributed by atoms with van der Waals surface area (Å²) >= 11 is 0. The average Bonchev–Trinajstić information content (AvgIpc) is 3.20. The van der Waals surface area contributed by atoms with Crippen LogP contribution in [0.3, 0.4) is 0 Å². The Labute approximate surface area is 166 Å². The standard InChI is InChI=1S/C16H22N4O3S.2ClH/c17-16(3-4-16)15(21)20-8-7-19(9-12-1-5-18-6-2-12)13-10-24(22,23)11-14(13)20;;/h1-2,5-6,13-14H,3-4,7-11,17H2;2*1H/t13-,14+;;/m1../s1. The van der Waals surface area contributed by atoms with E-state index in [-0.39, 0.29) is 54.3 Å². The smallest absolute Gasteiger partial charge is 0.243 e. The summed E-state index contributed by atoms with van der Waals surface area (Å²) in [5, 5.41) is 0. The van der Waals surface area contributed by atoms with Crippen molar-refractivity contribution in [1.29, 1.82) is 0 Å². The van der Waals surface area contributed by atoms with E-state index in [1.807, 2.05) is 12.1 Å². The molecule has 1 aliphatic carbocycles. The van der Waals surface area contributed by atoms with E-state index in [1.54, 1.807) is 17.3 Å². The van der Waals surface area contributed by atoms with Crippen LogP contribution >= 0.6 is 24.8 Å². The molecular formula is C16H24Cl2N4O3S. The second-order valence-electron chi connectivity index (χ2n) is 7.19. The highest BCUT2D eigenvalue weighted by Gasteiger charge is 2.54. The van der Waals surface area contributed by atoms with Crippen molar-refractivity contribution in [2.24, 2.45) is 5.73 Å². The molecular weight excluding hydrogens is 399 g/mol. The van der Waals surface area contributed by atoms with Crippen molar-refractivity contribution in [3.8, 4) is 0 Å². The number of aromatic nitrogens is 1. The van der Waals surface area contributed by atoms with Gasteiger partial charge in [-0.15, -0.1) is 24.8 Å². The molecule has 2 aliphatic heterocycles. The molecule has 7 nitrogen and oxygen atoms in total. The fourth-order valence-corrected chi connectivity index (χ4v) is 5.84. The molecule has 0 spiro atoms. The van der Waals surface area contributed by atoms with Gasteiger partial charge in [0, 0.05) is 38.1 Å². The predicted molar refractivity (Wildman–Crippen MR) is 103 cm³/mol. The number of sulfone groups is 1. The number of carbonyl (C=O) groups excluding carboxylic acids is 1. The molecule has 10 heteroatoms. The lowest BCUT2D eigenvalue weighted by Gasteiger charge is -2.44. The van der Waals surface area contributed by atoms with Crippen LogP contribution in [0.2, 0.25) is 0 Å². The lowest BCUT2D eigenvalue weighted by molar-refractivity contribution is -0.139. The maximum atomic E-state index is 12.7. The highest BCUT2D eigenvalue weighted by molar-refractivity contribution is 7.91. The second kappa shape index (κ2) is 7.59. The Hall–Kier alpha value is -0.930. The lowest BCUT2D eigenvalue weighted by atomic mass is 10.0. The predicted octanol–water partition coefficient (Wildman–Crippen LogP) is 0.226. The molecule has 2 N–H and O–H groups in total. The summed E-state index contributed by atoms with van der Waals surface area (Å²) in [7, 11) is -3.13. The number of hydrogen-bond acceptors (Lipinski definition) is 6. The number of fused-ring (bicyclic) bond motifs is 1. The molecule has 0 radical (unpaired) electrons. The Morgan fingerprint density at radius 1 is 1.15 bits per heavy atom. The number of nitrogens with zero attached hydrogens (tertiary/aromatic N) is 3. The van der Waals surface area contributed by atoms with Gasteiger partial charge >= 0.3 is 0 Å². The van der Waals surface area contributed by atoms with Gasteiger partial charge in [-0.05, 0) is 30.5 Å². The van der Waals surface area contributed by atoms with Gasteiger partial charge in [0.1, 0.15) is 0 Å². The summed E-state index contributed by atoms with van der Waals surface area (Å²) in [6.45, 7) is 1.88. The molecule has 3 heterocycles. The highest BCUT2D eigenvalue weighted by atomic mass is 35.5. The van der Waals surface area contributed by atoms with E-state index >= 15 is 0 Å². The van der Waals surface area contributed by atoms with Gasteiger partial charge in [-0.2, -0.15) is 0 Å². The van der Waals surface area contributed by atoms with Crippen molar-refractivity contribution in [3.63, 3.8) is 0 Å². The first-order chi connectivity index (χ1) is 11.4. The Morgan fingerprint density at radius 2 is 1.77 bits per heavy atom. The highest BCUT2D eigenvalue weighted by Crippen LogP contribution is 2.37. The minimum Gasteiger partial charge on any atom is -0.334 e. The number of carbonyl (C=O) groups is 1. The van der Waals surface area contributed by atoms with Crippen LogP contribution in [0.1, 0.15) is 18.4 Å². The summed E-state index contributed by atoms with van der Waals surface area (Å²) in [5.74, 6) is 0.0920. The van der Waals surface area contributed by atoms with E-state index in [0.29, 0.717) is 32.5 Å². The molecule has 146 valence electrons. The van der Waals surface area contributed by atoms with Crippen LogP contribution in [0.25, 0.3) is 0 Å². The largest absolute Gasteiger partial charge is 0.334 e. The molecule has 2 atom stereocenters. The van der Waals surface area contributed by atoms with Crippen LogP contribution in [0.5, 0.6) is 0 Å². The monoisotopic (exact) mass is 422 g/mol. The van der Waals surface area contributed by atoms with E-state index in [1.165, 1.54) is 0 Å². The normalized spacial score (nSPS) is 28.4. The molecule has 3 fully saturated rings. The fraction of sp³-hybridized carbons (Fsp3) is 0.625. The van der Waals surface area contributed by atoms with Gasteiger partial charge < -0.3 is 10.6 Å². The molecule has 3 aliphatic rings. The van der Waals surface area contributed by atoms with Gasteiger partial charge in [0.25, 0.3) is 0 Å². The Balaban J connectivity index is 0.00000121. The third-order valence-corrected chi connectivity index (χ3v) is 7.10. The topological polar surface area (TPSA) is 96.6 Å². The van der Waals surface area contributed by atoms with Crippen LogP contribution < -0.4 is 5.73 Å². The molecule has 4 rings (SSSR count). The van der Waals surface area contributed by atoms with Crippen molar-refractivity contribution in [3.05, 3.63) is 30.1 Å². The Morgan fingerprint density at radius 3 is 2.38 bits per heavy atom. The fourth-order valence-electron chi connectivity index (χ4n) is 3.83. The van der Waals surface area contributed by atoms with Crippen molar-refractivity contribution in [1.82, 2.24) is 14.8 Å². The number of piperazine rings is 1. The molecule has 0 aromatic carbocycles. The van der Waals surface area contributed by atoms with E-state index in [2.05, 4.69) is 9.88 Å². The third-order valence-electron chi connectivity index (χ3n) is 5.40. The number of nitrogens with two attached hydrogens (primary N) is 1. The summed E-state index contributed by atoms with van der Waals surface area (Å²) < 4.78 is 24.4. The van der Waals surface area contributed by atoms with Gasteiger partial charge in [-0.1, -0.05) is 0 Å². The summed E-state index contributed by atoms with van der Waals surface area (Å²) in [6.07, 6.45) is 4.88. The Bertz CT molecular complexity index is 758. The average molecular weight is 423 g/mol. The summed E-state index contributed by atoms with van der Waals surface area (Å²) in [4.78, 5) is 20.6. The van der Waals surface area contributed by atoms with Crippen molar-refractivity contribution in [2.75, 3.05) is 24.6 Å². The van der Waals surface area contributed by atoms with Crippen LogP contribution in [0.15, 0.2) is 24.5 Å². The van der Waals surface area contributed by atoms with Gasteiger partial charge in [-0.3, -0.25) is 14.7 Å².